The van der Waals surface area contributed by atoms with Crippen molar-refractivity contribution >= 4 is 28.7 Å². The average molecular weight is 374 g/mol. The maximum atomic E-state index is 10.8. The molecule has 2 N–H and O–H groups in total. The van der Waals surface area contributed by atoms with Crippen LogP contribution in [0.4, 0.5) is 17.1 Å². The minimum atomic E-state index is -0.611. The highest BCUT2D eigenvalue weighted by Crippen LogP contribution is 2.36. The van der Waals surface area contributed by atoms with Gasteiger partial charge in [0.25, 0.3) is 5.69 Å². The number of hydrogen-bond acceptors (Lipinski definition) is 7. The van der Waals surface area contributed by atoms with Gasteiger partial charge in [0, 0.05) is 17.2 Å². The molecule has 9 nitrogen and oxygen atoms in total. The average Bonchev–Trinajstić information content (AvgIpc) is 2.89. The lowest BCUT2D eigenvalue weighted by Crippen LogP contribution is -1.95. The summed E-state index contributed by atoms with van der Waals surface area (Å²) in [7, 11) is 0. The van der Waals surface area contributed by atoms with Crippen molar-refractivity contribution in [3.63, 3.8) is 0 Å². The normalized spacial score (nSPS) is 11.2. The number of rotatable bonds is 4. The van der Waals surface area contributed by atoms with Crippen LogP contribution < -0.4 is 0 Å². The molecule has 0 bridgehead atoms. The van der Waals surface area contributed by atoms with E-state index in [-0.39, 0.29) is 28.7 Å². The molecule has 3 aromatic rings. The Morgan fingerprint density at radius 3 is 2.50 bits per heavy atom. The minimum Gasteiger partial charge on any atom is -0.506 e. The highest BCUT2D eigenvalue weighted by molar-refractivity contribution is 6.30. The molecule has 0 saturated carbocycles. The van der Waals surface area contributed by atoms with Crippen LogP contribution in [0.1, 0.15) is 5.69 Å². The third-order valence-corrected chi connectivity index (χ3v) is 3.76. The number of benzene rings is 2. The lowest BCUT2D eigenvalue weighted by atomic mass is 10.2. The van der Waals surface area contributed by atoms with Crippen molar-refractivity contribution in [3.8, 4) is 17.3 Å². The molecule has 132 valence electrons. The maximum Gasteiger partial charge on any atom is 0.271 e. The van der Waals surface area contributed by atoms with Crippen molar-refractivity contribution in [2.45, 2.75) is 6.92 Å². The summed E-state index contributed by atoms with van der Waals surface area (Å²) < 4.78 is 1.26. The van der Waals surface area contributed by atoms with E-state index in [9.17, 15) is 20.3 Å². The molecule has 10 heteroatoms. The smallest absolute Gasteiger partial charge is 0.271 e. The van der Waals surface area contributed by atoms with E-state index in [1.165, 1.54) is 4.68 Å². The fraction of sp³-hybridized carbons (Fsp3) is 0.0625. The van der Waals surface area contributed by atoms with E-state index in [1.807, 2.05) is 0 Å². The van der Waals surface area contributed by atoms with Crippen LogP contribution in [0.25, 0.3) is 5.69 Å². The molecule has 0 amide bonds. The number of nitrogens with zero attached hydrogens (tertiary/aromatic N) is 5. The van der Waals surface area contributed by atoms with Gasteiger partial charge in [-0.3, -0.25) is 10.1 Å². The van der Waals surface area contributed by atoms with Crippen LogP contribution in [-0.4, -0.2) is 24.9 Å². The van der Waals surface area contributed by atoms with Gasteiger partial charge in [-0.15, -0.1) is 10.2 Å². The van der Waals surface area contributed by atoms with Crippen molar-refractivity contribution in [1.29, 1.82) is 0 Å². The number of phenolic OH excluding ortho intramolecular Hbond substituents is 1. The van der Waals surface area contributed by atoms with Crippen molar-refractivity contribution in [1.82, 2.24) is 9.78 Å². The Balaban J connectivity index is 1.98. The molecule has 0 aliphatic heterocycles. The third kappa shape index (κ3) is 3.33. The van der Waals surface area contributed by atoms with Gasteiger partial charge in [-0.1, -0.05) is 11.6 Å². The molecule has 2 aromatic carbocycles. The van der Waals surface area contributed by atoms with E-state index in [1.54, 1.807) is 31.2 Å². The largest absolute Gasteiger partial charge is 0.506 e. The first-order chi connectivity index (χ1) is 12.4. The van der Waals surface area contributed by atoms with Gasteiger partial charge in [-0.25, -0.2) is 0 Å². The summed E-state index contributed by atoms with van der Waals surface area (Å²) >= 11 is 5.85. The number of aromatic nitrogens is 2. The number of nitro groups is 1. The van der Waals surface area contributed by atoms with Crippen molar-refractivity contribution in [2.75, 3.05) is 0 Å². The van der Waals surface area contributed by atoms with Crippen LogP contribution in [-0.2, 0) is 0 Å². The summed E-state index contributed by atoms with van der Waals surface area (Å²) in [5, 5.41) is 43.4. The summed E-state index contributed by atoms with van der Waals surface area (Å²) in [6, 6.07) is 10.0. The van der Waals surface area contributed by atoms with Crippen LogP contribution >= 0.6 is 11.6 Å². The second-order valence-electron chi connectivity index (χ2n) is 5.28. The standard InChI is InChI=1S/C16H12ClN5O4/c1-9-15(16(24)21(20-9)11-4-2-10(17)3-5-11)19-18-13-8-12(22(25)26)6-7-14(13)23/h2-8,23-24H,1H3. The predicted octanol–water partition coefficient (Wildman–Crippen LogP) is 4.57. The predicted molar refractivity (Wildman–Crippen MR) is 93.9 cm³/mol. The minimum absolute atomic E-state index is 0.0749. The molecule has 0 atom stereocenters. The summed E-state index contributed by atoms with van der Waals surface area (Å²) in [5.41, 5.74) is 0.679. The molecule has 1 aromatic heterocycles. The molecular formula is C16H12ClN5O4. The van der Waals surface area contributed by atoms with E-state index in [0.29, 0.717) is 16.4 Å². The molecule has 0 unspecified atom stereocenters. The van der Waals surface area contributed by atoms with Crippen LogP contribution in [0.5, 0.6) is 11.6 Å². The van der Waals surface area contributed by atoms with Crippen molar-refractivity contribution in [2.24, 2.45) is 10.2 Å². The molecule has 0 radical (unpaired) electrons. The Labute approximate surface area is 152 Å². The highest BCUT2D eigenvalue weighted by atomic mass is 35.5. The zero-order valence-corrected chi connectivity index (χ0v) is 14.1. The lowest BCUT2D eigenvalue weighted by molar-refractivity contribution is -0.384. The summed E-state index contributed by atoms with van der Waals surface area (Å²) in [6.07, 6.45) is 0. The monoisotopic (exact) mass is 373 g/mol. The van der Waals surface area contributed by atoms with E-state index < -0.39 is 4.92 Å². The van der Waals surface area contributed by atoms with E-state index in [2.05, 4.69) is 15.3 Å². The van der Waals surface area contributed by atoms with E-state index in [4.69, 9.17) is 11.6 Å². The van der Waals surface area contributed by atoms with Crippen LogP contribution in [0, 0.1) is 17.0 Å². The first-order valence-electron chi connectivity index (χ1n) is 7.30. The molecule has 26 heavy (non-hydrogen) atoms. The molecule has 3 rings (SSSR count). The molecule has 0 spiro atoms. The van der Waals surface area contributed by atoms with Gasteiger partial charge in [0.2, 0.25) is 5.88 Å². The Morgan fingerprint density at radius 1 is 1.15 bits per heavy atom. The number of azo groups is 1. The maximum absolute atomic E-state index is 10.8. The summed E-state index contributed by atoms with van der Waals surface area (Å²) in [4.78, 5) is 10.2. The van der Waals surface area contributed by atoms with Gasteiger partial charge in [0.05, 0.1) is 16.3 Å². The Kier molecular flexibility index (Phi) is 4.55. The van der Waals surface area contributed by atoms with Gasteiger partial charge in [0.15, 0.2) is 5.69 Å². The first-order valence-corrected chi connectivity index (χ1v) is 7.68. The molecule has 0 fully saturated rings. The Bertz CT molecular complexity index is 1010. The number of aryl methyl sites for hydroxylation is 1. The lowest BCUT2D eigenvalue weighted by Gasteiger charge is -2.02. The zero-order chi connectivity index (χ0) is 18.8. The van der Waals surface area contributed by atoms with Gasteiger partial charge >= 0.3 is 0 Å². The topological polar surface area (TPSA) is 126 Å². The number of non-ortho nitro benzene ring substituents is 1. The van der Waals surface area contributed by atoms with Crippen LogP contribution in [0.15, 0.2) is 52.7 Å². The summed E-state index contributed by atoms with van der Waals surface area (Å²) in [5.74, 6) is -0.542. The molecule has 0 saturated heterocycles. The summed E-state index contributed by atoms with van der Waals surface area (Å²) in [6.45, 7) is 1.62. The van der Waals surface area contributed by atoms with E-state index in [0.717, 1.165) is 18.2 Å². The Morgan fingerprint density at radius 2 is 1.85 bits per heavy atom. The van der Waals surface area contributed by atoms with Gasteiger partial charge in [-0.05, 0) is 37.3 Å². The third-order valence-electron chi connectivity index (χ3n) is 3.50. The van der Waals surface area contributed by atoms with Crippen molar-refractivity contribution in [3.05, 3.63) is 63.3 Å². The number of halogens is 1. The van der Waals surface area contributed by atoms with Gasteiger partial charge in [-0.2, -0.15) is 9.78 Å². The fourth-order valence-corrected chi connectivity index (χ4v) is 2.32. The molecular weight excluding hydrogens is 362 g/mol. The molecule has 1 heterocycles. The number of hydrogen-bond donors (Lipinski definition) is 2. The number of phenols is 1. The van der Waals surface area contributed by atoms with Gasteiger partial charge < -0.3 is 10.2 Å². The fourth-order valence-electron chi connectivity index (χ4n) is 2.20. The highest BCUT2D eigenvalue weighted by Gasteiger charge is 2.16. The second-order valence-corrected chi connectivity index (χ2v) is 5.71. The molecule has 0 aliphatic rings. The first kappa shape index (κ1) is 17.4. The van der Waals surface area contributed by atoms with E-state index >= 15 is 0 Å². The number of aromatic hydroxyl groups is 2. The quantitative estimate of drug-likeness (QED) is 0.393. The van der Waals surface area contributed by atoms with Crippen LogP contribution in [0.3, 0.4) is 0 Å². The van der Waals surface area contributed by atoms with Crippen molar-refractivity contribution < 1.29 is 15.1 Å². The van der Waals surface area contributed by atoms with Gasteiger partial charge in [0.1, 0.15) is 11.4 Å². The molecule has 0 aliphatic carbocycles. The SMILES string of the molecule is Cc1nn(-c2ccc(Cl)cc2)c(O)c1N=Nc1cc([N+](=O)[O-])ccc1O. The number of nitro benzene ring substituents is 1. The van der Waals surface area contributed by atoms with Crippen LogP contribution in [0.2, 0.25) is 5.02 Å². The Hall–Kier alpha value is -3.46. The second kappa shape index (κ2) is 6.81. The zero-order valence-electron chi connectivity index (χ0n) is 13.4.